The van der Waals surface area contributed by atoms with Crippen molar-refractivity contribution in [2.45, 2.75) is 18.6 Å². The monoisotopic (exact) mass is 361 g/mol. The molecule has 1 aromatic heterocycles. The molecule has 27 heavy (non-hydrogen) atoms. The molecular weight excluding hydrogens is 342 g/mol. The van der Waals surface area contributed by atoms with Crippen molar-refractivity contribution in [2.24, 2.45) is 7.05 Å². The smallest absolute Gasteiger partial charge is 0.339 e. The molecule has 6 heteroatoms. The summed E-state index contributed by atoms with van der Waals surface area (Å²) in [6, 6.07) is 16.4. The Bertz CT molecular complexity index is 981. The van der Waals surface area contributed by atoms with Gasteiger partial charge in [-0.1, -0.05) is 48.5 Å². The van der Waals surface area contributed by atoms with Gasteiger partial charge in [-0.2, -0.15) is 0 Å². The Hall–Kier alpha value is -3.41. The van der Waals surface area contributed by atoms with Crippen LogP contribution in [0.1, 0.15) is 33.4 Å². The standard InChI is InChI=1S/C21H19N3O3/c1-24-12-11-22-19(24)18(14-7-3-2-4-8-14)23-20(25)17-13-15-9-5-6-10-16(15)21(26)27-17/h2-12,17-18H,13H2,1H3,(H,23,25). The third kappa shape index (κ3) is 3.33. The maximum atomic E-state index is 12.9. The first-order valence-electron chi connectivity index (χ1n) is 8.75. The van der Waals surface area contributed by atoms with E-state index in [0.29, 0.717) is 17.8 Å². The third-order valence-corrected chi connectivity index (χ3v) is 4.72. The number of aryl methyl sites for hydroxylation is 1. The van der Waals surface area contributed by atoms with Gasteiger partial charge in [0.2, 0.25) is 0 Å². The van der Waals surface area contributed by atoms with Crippen molar-refractivity contribution in [3.05, 3.63) is 89.5 Å². The summed E-state index contributed by atoms with van der Waals surface area (Å²) in [5.41, 5.74) is 2.25. The first-order chi connectivity index (χ1) is 13.1. The summed E-state index contributed by atoms with van der Waals surface area (Å²) < 4.78 is 7.24. The van der Waals surface area contributed by atoms with Gasteiger partial charge in [-0.05, 0) is 17.2 Å². The molecule has 1 aliphatic heterocycles. The highest BCUT2D eigenvalue weighted by Crippen LogP contribution is 2.24. The fourth-order valence-electron chi connectivity index (χ4n) is 3.31. The van der Waals surface area contributed by atoms with Crippen LogP contribution in [0.15, 0.2) is 67.0 Å². The van der Waals surface area contributed by atoms with Gasteiger partial charge >= 0.3 is 5.97 Å². The van der Waals surface area contributed by atoms with Gasteiger partial charge in [0.1, 0.15) is 11.9 Å². The van der Waals surface area contributed by atoms with Gasteiger partial charge in [-0.25, -0.2) is 9.78 Å². The van der Waals surface area contributed by atoms with E-state index in [-0.39, 0.29) is 5.91 Å². The van der Waals surface area contributed by atoms with E-state index in [2.05, 4.69) is 10.3 Å². The van der Waals surface area contributed by atoms with Crippen molar-refractivity contribution >= 4 is 11.9 Å². The molecule has 2 unspecified atom stereocenters. The average Bonchev–Trinajstić information content (AvgIpc) is 3.12. The molecule has 0 fully saturated rings. The summed E-state index contributed by atoms with van der Waals surface area (Å²) in [6.07, 6.45) is 3.01. The highest BCUT2D eigenvalue weighted by Gasteiger charge is 2.33. The molecule has 1 aliphatic rings. The van der Waals surface area contributed by atoms with Gasteiger partial charge < -0.3 is 14.6 Å². The second-order valence-corrected chi connectivity index (χ2v) is 6.50. The average molecular weight is 361 g/mol. The van der Waals surface area contributed by atoms with Crippen LogP contribution in [0, 0.1) is 0 Å². The summed E-state index contributed by atoms with van der Waals surface area (Å²) in [4.78, 5) is 29.5. The van der Waals surface area contributed by atoms with Crippen LogP contribution in [0.25, 0.3) is 0 Å². The molecule has 0 bridgehead atoms. The number of amides is 1. The molecule has 136 valence electrons. The van der Waals surface area contributed by atoms with E-state index < -0.39 is 18.1 Å². The molecule has 0 saturated heterocycles. The number of aromatic nitrogens is 2. The molecule has 6 nitrogen and oxygen atoms in total. The Balaban J connectivity index is 1.60. The molecule has 1 N–H and O–H groups in total. The van der Waals surface area contributed by atoms with Crippen LogP contribution in [0.3, 0.4) is 0 Å². The van der Waals surface area contributed by atoms with Gasteiger partial charge in [0, 0.05) is 25.9 Å². The van der Waals surface area contributed by atoms with E-state index in [4.69, 9.17) is 4.74 Å². The van der Waals surface area contributed by atoms with E-state index >= 15 is 0 Å². The number of carbonyl (C=O) groups is 2. The Kier molecular flexibility index (Phi) is 4.46. The van der Waals surface area contributed by atoms with Crippen LogP contribution in [0.2, 0.25) is 0 Å². The van der Waals surface area contributed by atoms with Crippen molar-refractivity contribution in [1.29, 1.82) is 0 Å². The summed E-state index contributed by atoms with van der Waals surface area (Å²) >= 11 is 0. The fraction of sp³-hybridized carbons (Fsp3) is 0.190. The van der Waals surface area contributed by atoms with Gasteiger partial charge in [-0.3, -0.25) is 4.79 Å². The number of ether oxygens (including phenoxy) is 1. The number of fused-ring (bicyclic) bond motifs is 1. The number of rotatable bonds is 4. The summed E-state index contributed by atoms with van der Waals surface area (Å²) in [5.74, 6) is -0.1000. The molecule has 2 aromatic carbocycles. The lowest BCUT2D eigenvalue weighted by Gasteiger charge is -2.26. The number of cyclic esters (lactones) is 1. The Labute approximate surface area is 156 Å². The minimum Gasteiger partial charge on any atom is -0.448 e. The molecule has 4 rings (SSSR count). The SMILES string of the molecule is Cn1ccnc1C(NC(=O)C1Cc2ccccc2C(=O)O1)c1ccccc1. The largest absolute Gasteiger partial charge is 0.448 e. The zero-order valence-corrected chi connectivity index (χ0v) is 14.8. The van der Waals surface area contributed by atoms with Crippen molar-refractivity contribution in [1.82, 2.24) is 14.9 Å². The normalized spacial score (nSPS) is 16.9. The van der Waals surface area contributed by atoms with Gasteiger partial charge in [0.25, 0.3) is 5.91 Å². The number of nitrogens with one attached hydrogen (secondary N) is 1. The second-order valence-electron chi connectivity index (χ2n) is 6.50. The lowest BCUT2D eigenvalue weighted by Crippen LogP contribution is -2.43. The first kappa shape index (κ1) is 17.0. The number of hydrogen-bond donors (Lipinski definition) is 1. The van der Waals surface area contributed by atoms with Crippen LogP contribution in [0.4, 0.5) is 0 Å². The van der Waals surface area contributed by atoms with Crippen molar-refractivity contribution in [3.63, 3.8) is 0 Å². The Morgan fingerprint density at radius 3 is 2.67 bits per heavy atom. The van der Waals surface area contributed by atoms with Gasteiger partial charge in [0.05, 0.1) is 5.56 Å². The maximum Gasteiger partial charge on any atom is 0.339 e. The van der Waals surface area contributed by atoms with Crippen LogP contribution >= 0.6 is 0 Å². The molecule has 0 radical (unpaired) electrons. The van der Waals surface area contributed by atoms with Crippen molar-refractivity contribution in [2.75, 3.05) is 0 Å². The fourth-order valence-corrected chi connectivity index (χ4v) is 3.31. The van der Waals surface area contributed by atoms with Gasteiger partial charge in [0.15, 0.2) is 6.10 Å². The summed E-state index contributed by atoms with van der Waals surface area (Å²) in [7, 11) is 1.88. The minimum atomic E-state index is -0.862. The number of carbonyl (C=O) groups excluding carboxylic acids is 2. The molecule has 2 atom stereocenters. The predicted octanol–water partition coefficient (Wildman–Crippen LogP) is 2.41. The third-order valence-electron chi connectivity index (χ3n) is 4.72. The highest BCUT2D eigenvalue weighted by atomic mass is 16.5. The highest BCUT2D eigenvalue weighted by molar-refractivity contribution is 5.95. The molecule has 0 saturated carbocycles. The second kappa shape index (κ2) is 7.07. The van der Waals surface area contributed by atoms with E-state index in [1.807, 2.05) is 60.3 Å². The Morgan fingerprint density at radius 1 is 1.19 bits per heavy atom. The molecule has 0 aliphatic carbocycles. The van der Waals surface area contributed by atoms with Crippen LogP contribution in [-0.2, 0) is 23.0 Å². The predicted molar refractivity (Wildman–Crippen MR) is 99.0 cm³/mol. The minimum absolute atomic E-state index is 0.338. The molecule has 3 aromatic rings. The van der Waals surface area contributed by atoms with Gasteiger partial charge in [-0.15, -0.1) is 0 Å². The molecular formula is C21H19N3O3. The van der Waals surface area contributed by atoms with E-state index in [1.54, 1.807) is 18.3 Å². The number of imidazole rings is 1. The number of benzene rings is 2. The Morgan fingerprint density at radius 2 is 1.93 bits per heavy atom. The lowest BCUT2D eigenvalue weighted by atomic mass is 9.97. The van der Waals surface area contributed by atoms with Crippen molar-refractivity contribution in [3.8, 4) is 0 Å². The molecule has 1 amide bonds. The maximum absolute atomic E-state index is 12.9. The van der Waals surface area contributed by atoms with E-state index in [9.17, 15) is 9.59 Å². The first-order valence-corrected chi connectivity index (χ1v) is 8.75. The number of esters is 1. The van der Waals surface area contributed by atoms with Crippen LogP contribution in [0.5, 0.6) is 0 Å². The van der Waals surface area contributed by atoms with E-state index in [1.165, 1.54) is 0 Å². The quantitative estimate of drug-likeness (QED) is 0.725. The van der Waals surface area contributed by atoms with Crippen molar-refractivity contribution < 1.29 is 14.3 Å². The summed E-state index contributed by atoms with van der Waals surface area (Å²) in [5, 5.41) is 3.00. The summed E-state index contributed by atoms with van der Waals surface area (Å²) in [6.45, 7) is 0. The topological polar surface area (TPSA) is 73.2 Å². The van der Waals surface area contributed by atoms with Crippen LogP contribution < -0.4 is 5.32 Å². The zero-order chi connectivity index (χ0) is 18.8. The number of hydrogen-bond acceptors (Lipinski definition) is 4. The van der Waals surface area contributed by atoms with Crippen LogP contribution in [-0.4, -0.2) is 27.5 Å². The molecule has 0 spiro atoms. The zero-order valence-electron chi connectivity index (χ0n) is 14.8. The lowest BCUT2D eigenvalue weighted by molar-refractivity contribution is -0.130. The van der Waals surface area contributed by atoms with E-state index in [0.717, 1.165) is 11.1 Å². The molecule has 2 heterocycles. The number of nitrogens with zero attached hydrogens (tertiary/aromatic N) is 2.